The van der Waals surface area contributed by atoms with Gasteiger partial charge < -0.3 is 16.0 Å². The van der Waals surface area contributed by atoms with E-state index in [1.807, 2.05) is 6.07 Å². The molecule has 1 saturated heterocycles. The SMILES string of the molecule is CCc1ccc2c(c1)C(CCNC(=O)C1CCCN1)C(=O)N2. The molecular formula is C17H23N3O2. The number of benzene rings is 1. The normalized spacial score (nSPS) is 23.2. The third-order valence-corrected chi connectivity index (χ3v) is 4.58. The first-order chi connectivity index (χ1) is 10.7. The quantitative estimate of drug-likeness (QED) is 0.772. The molecule has 2 unspecified atom stereocenters. The summed E-state index contributed by atoms with van der Waals surface area (Å²) in [5, 5.41) is 9.06. The van der Waals surface area contributed by atoms with Crippen LogP contribution in [0.4, 0.5) is 5.69 Å². The van der Waals surface area contributed by atoms with E-state index >= 15 is 0 Å². The molecule has 1 aromatic rings. The van der Waals surface area contributed by atoms with Crippen LogP contribution in [-0.4, -0.2) is 30.9 Å². The van der Waals surface area contributed by atoms with Gasteiger partial charge in [-0.25, -0.2) is 0 Å². The monoisotopic (exact) mass is 301 g/mol. The van der Waals surface area contributed by atoms with Crippen molar-refractivity contribution in [2.75, 3.05) is 18.4 Å². The molecule has 5 nitrogen and oxygen atoms in total. The highest BCUT2D eigenvalue weighted by Gasteiger charge is 2.30. The molecule has 2 atom stereocenters. The van der Waals surface area contributed by atoms with E-state index in [-0.39, 0.29) is 23.8 Å². The molecule has 0 radical (unpaired) electrons. The molecule has 2 amide bonds. The minimum atomic E-state index is -0.154. The predicted molar refractivity (Wildman–Crippen MR) is 85.8 cm³/mol. The van der Waals surface area contributed by atoms with Gasteiger partial charge in [-0.15, -0.1) is 0 Å². The second-order valence-corrected chi connectivity index (χ2v) is 6.05. The minimum Gasteiger partial charge on any atom is -0.355 e. The Kier molecular flexibility index (Phi) is 4.43. The third-order valence-electron chi connectivity index (χ3n) is 4.58. The second-order valence-electron chi connectivity index (χ2n) is 6.05. The molecule has 0 bridgehead atoms. The summed E-state index contributed by atoms with van der Waals surface area (Å²) in [4.78, 5) is 24.1. The Morgan fingerprint density at radius 2 is 2.27 bits per heavy atom. The molecule has 5 heteroatoms. The molecule has 0 aliphatic carbocycles. The van der Waals surface area contributed by atoms with Gasteiger partial charge in [-0.1, -0.05) is 19.1 Å². The van der Waals surface area contributed by atoms with Crippen LogP contribution in [0.2, 0.25) is 0 Å². The van der Waals surface area contributed by atoms with Crippen LogP contribution in [0.1, 0.15) is 43.2 Å². The molecule has 2 aliphatic heterocycles. The van der Waals surface area contributed by atoms with Gasteiger partial charge in [0.2, 0.25) is 11.8 Å². The Balaban J connectivity index is 1.59. The number of aryl methyl sites for hydroxylation is 1. The van der Waals surface area contributed by atoms with Crippen LogP contribution in [0.5, 0.6) is 0 Å². The van der Waals surface area contributed by atoms with E-state index in [9.17, 15) is 9.59 Å². The average molecular weight is 301 g/mol. The van der Waals surface area contributed by atoms with Crippen LogP contribution in [0.3, 0.4) is 0 Å². The zero-order valence-corrected chi connectivity index (χ0v) is 12.9. The highest BCUT2D eigenvalue weighted by Crippen LogP contribution is 2.35. The Morgan fingerprint density at radius 1 is 1.41 bits per heavy atom. The number of nitrogens with one attached hydrogen (secondary N) is 3. The number of carbonyl (C=O) groups is 2. The van der Waals surface area contributed by atoms with Crippen molar-refractivity contribution in [1.29, 1.82) is 0 Å². The fourth-order valence-corrected chi connectivity index (χ4v) is 3.25. The van der Waals surface area contributed by atoms with Crippen molar-refractivity contribution in [2.24, 2.45) is 0 Å². The number of hydrogen-bond donors (Lipinski definition) is 3. The molecule has 0 aromatic heterocycles. The van der Waals surface area contributed by atoms with Gasteiger partial charge in [0.05, 0.1) is 12.0 Å². The van der Waals surface area contributed by atoms with Gasteiger partial charge in [-0.3, -0.25) is 9.59 Å². The minimum absolute atomic E-state index is 0.0384. The summed E-state index contributed by atoms with van der Waals surface area (Å²) >= 11 is 0. The maximum atomic E-state index is 12.1. The largest absolute Gasteiger partial charge is 0.355 e. The summed E-state index contributed by atoms with van der Waals surface area (Å²) in [5.41, 5.74) is 3.22. The number of amides is 2. The molecule has 0 spiro atoms. The fraction of sp³-hybridized carbons (Fsp3) is 0.529. The van der Waals surface area contributed by atoms with Crippen molar-refractivity contribution in [3.8, 4) is 0 Å². The van der Waals surface area contributed by atoms with Crippen LogP contribution in [0.25, 0.3) is 0 Å². The number of anilines is 1. The van der Waals surface area contributed by atoms with E-state index < -0.39 is 0 Å². The Labute approximate surface area is 130 Å². The molecule has 3 N–H and O–H groups in total. The van der Waals surface area contributed by atoms with Gasteiger partial charge in [0.15, 0.2) is 0 Å². The van der Waals surface area contributed by atoms with Gasteiger partial charge in [-0.2, -0.15) is 0 Å². The standard InChI is InChI=1S/C17H23N3O2/c1-2-11-5-6-14-13(10-11)12(16(21)20-14)7-9-19-17(22)15-4-3-8-18-15/h5-6,10,12,15,18H,2-4,7-9H2,1H3,(H,19,22)(H,20,21). The van der Waals surface area contributed by atoms with Crippen LogP contribution < -0.4 is 16.0 Å². The maximum absolute atomic E-state index is 12.1. The van der Waals surface area contributed by atoms with Gasteiger partial charge in [0.25, 0.3) is 0 Å². The van der Waals surface area contributed by atoms with Gasteiger partial charge in [0, 0.05) is 12.2 Å². The Bertz CT molecular complexity index is 579. The van der Waals surface area contributed by atoms with E-state index in [2.05, 4.69) is 35.0 Å². The smallest absolute Gasteiger partial charge is 0.237 e. The summed E-state index contributed by atoms with van der Waals surface area (Å²) in [6.45, 7) is 3.55. The number of carbonyl (C=O) groups excluding carboxylic acids is 2. The number of rotatable bonds is 5. The molecule has 1 fully saturated rings. The second kappa shape index (κ2) is 6.48. The summed E-state index contributed by atoms with van der Waals surface area (Å²) in [6.07, 6.45) is 3.55. The van der Waals surface area contributed by atoms with Crippen molar-refractivity contribution >= 4 is 17.5 Å². The topological polar surface area (TPSA) is 70.2 Å². The third kappa shape index (κ3) is 2.99. The molecule has 2 heterocycles. The summed E-state index contributed by atoms with van der Waals surface area (Å²) in [5.74, 6) is -0.0618. The van der Waals surface area contributed by atoms with Crippen LogP contribution in [0, 0.1) is 0 Å². The van der Waals surface area contributed by atoms with Crippen molar-refractivity contribution in [2.45, 2.75) is 44.6 Å². The lowest BCUT2D eigenvalue weighted by Gasteiger charge is -2.13. The first kappa shape index (κ1) is 15.0. The van der Waals surface area contributed by atoms with Gasteiger partial charge in [-0.05, 0) is 49.4 Å². The van der Waals surface area contributed by atoms with E-state index in [0.29, 0.717) is 13.0 Å². The molecule has 118 valence electrons. The van der Waals surface area contributed by atoms with E-state index in [1.165, 1.54) is 5.56 Å². The van der Waals surface area contributed by atoms with Crippen molar-refractivity contribution < 1.29 is 9.59 Å². The first-order valence-electron chi connectivity index (χ1n) is 8.14. The maximum Gasteiger partial charge on any atom is 0.237 e. The van der Waals surface area contributed by atoms with Crippen LogP contribution in [-0.2, 0) is 16.0 Å². The lowest BCUT2D eigenvalue weighted by atomic mass is 9.95. The van der Waals surface area contributed by atoms with E-state index in [4.69, 9.17) is 0 Å². The lowest BCUT2D eigenvalue weighted by Crippen LogP contribution is -2.41. The summed E-state index contributed by atoms with van der Waals surface area (Å²) in [6, 6.07) is 6.08. The van der Waals surface area contributed by atoms with E-state index in [0.717, 1.165) is 37.1 Å². The first-order valence-corrected chi connectivity index (χ1v) is 8.14. The van der Waals surface area contributed by atoms with Crippen molar-refractivity contribution in [1.82, 2.24) is 10.6 Å². The molecule has 22 heavy (non-hydrogen) atoms. The summed E-state index contributed by atoms with van der Waals surface area (Å²) < 4.78 is 0. The highest BCUT2D eigenvalue weighted by molar-refractivity contribution is 6.03. The van der Waals surface area contributed by atoms with Gasteiger partial charge >= 0.3 is 0 Å². The Morgan fingerprint density at radius 3 is 3.00 bits per heavy atom. The number of hydrogen-bond acceptors (Lipinski definition) is 3. The van der Waals surface area contributed by atoms with Crippen LogP contribution in [0.15, 0.2) is 18.2 Å². The van der Waals surface area contributed by atoms with E-state index in [1.54, 1.807) is 0 Å². The zero-order valence-electron chi connectivity index (χ0n) is 12.9. The molecule has 1 aromatic carbocycles. The lowest BCUT2D eigenvalue weighted by molar-refractivity contribution is -0.123. The predicted octanol–water partition coefficient (Wildman–Crippen LogP) is 1.54. The summed E-state index contributed by atoms with van der Waals surface area (Å²) in [7, 11) is 0. The average Bonchev–Trinajstić information content (AvgIpc) is 3.15. The highest BCUT2D eigenvalue weighted by atomic mass is 16.2. The molecule has 2 aliphatic rings. The molecular weight excluding hydrogens is 278 g/mol. The van der Waals surface area contributed by atoms with Gasteiger partial charge in [0.1, 0.15) is 0 Å². The molecule has 0 saturated carbocycles. The Hall–Kier alpha value is -1.88. The number of fused-ring (bicyclic) bond motifs is 1. The zero-order chi connectivity index (χ0) is 15.5. The van der Waals surface area contributed by atoms with Crippen molar-refractivity contribution in [3.05, 3.63) is 29.3 Å². The van der Waals surface area contributed by atoms with Crippen LogP contribution >= 0.6 is 0 Å². The molecule has 3 rings (SSSR count). The van der Waals surface area contributed by atoms with Crippen molar-refractivity contribution in [3.63, 3.8) is 0 Å². The fourth-order valence-electron chi connectivity index (χ4n) is 3.25.